The third-order valence-corrected chi connectivity index (χ3v) is 22.4. The molecule has 0 bridgehead atoms. The molecule has 0 amide bonds. The summed E-state index contributed by atoms with van der Waals surface area (Å²) in [6.07, 6.45) is 20.9. The number of aromatic nitrogens is 2. The van der Waals surface area contributed by atoms with E-state index in [-0.39, 0.29) is 0 Å². The van der Waals surface area contributed by atoms with Crippen molar-refractivity contribution in [2.24, 2.45) is 11.8 Å². The lowest BCUT2D eigenvalue weighted by Crippen LogP contribution is -2.38. The van der Waals surface area contributed by atoms with Crippen LogP contribution in [0, 0.1) is 25.7 Å². The number of thiazole rings is 2. The molecule has 2 unspecified atom stereocenters. The summed E-state index contributed by atoms with van der Waals surface area (Å²) >= 11 is 22.3. The van der Waals surface area contributed by atoms with Gasteiger partial charge in [0.1, 0.15) is 10.0 Å². The number of unbranched alkanes of at least 4 members (excludes halogenated alkanes) is 10. The Labute approximate surface area is 368 Å². The summed E-state index contributed by atoms with van der Waals surface area (Å²) < 4.78 is 2.54. The Morgan fingerprint density at radius 1 is 0.518 bits per heavy atom. The van der Waals surface area contributed by atoms with Gasteiger partial charge in [-0.2, -0.15) is 0 Å². The quantitative estimate of drug-likeness (QED) is 0.0511. The maximum Gasteiger partial charge on any atom is 0.134 e. The number of hydrogen-bond acceptors (Lipinski definition) is 6. The Balaban J connectivity index is 1.45. The Morgan fingerprint density at radius 3 is 1.20 bits per heavy atom. The molecule has 4 heterocycles. The van der Waals surface area contributed by atoms with Crippen molar-refractivity contribution >= 4 is 116 Å². The second kappa shape index (κ2) is 20.3. The van der Waals surface area contributed by atoms with Gasteiger partial charge in [0.25, 0.3) is 0 Å². The summed E-state index contributed by atoms with van der Waals surface area (Å²) in [4.78, 5) is 16.3. The highest BCUT2D eigenvalue weighted by Crippen LogP contribution is 2.46. The van der Waals surface area contributed by atoms with Crippen LogP contribution in [-0.2, 0) is 12.8 Å². The van der Waals surface area contributed by atoms with Gasteiger partial charge in [-0.05, 0) is 60.0 Å². The first kappa shape index (κ1) is 46.5. The normalized spacial score (nSPS) is 13.8. The molecule has 0 aliphatic rings. The van der Waals surface area contributed by atoms with Crippen molar-refractivity contribution in [3.8, 4) is 19.8 Å². The average molecular weight is 906 g/mol. The summed E-state index contributed by atoms with van der Waals surface area (Å²) in [7, 11) is -3.51. The molecule has 0 radical (unpaired) electrons. The first-order valence-corrected chi connectivity index (χ1v) is 32.8. The van der Waals surface area contributed by atoms with Gasteiger partial charge in [-0.25, -0.2) is 9.97 Å². The molecule has 4 aromatic heterocycles. The van der Waals surface area contributed by atoms with E-state index in [1.165, 1.54) is 140 Å². The Morgan fingerprint density at radius 2 is 0.857 bits per heavy atom. The second-order valence-corrected chi connectivity index (χ2v) is 33.9. The zero-order valence-corrected chi connectivity index (χ0v) is 43.5. The lowest BCUT2D eigenvalue weighted by atomic mass is 9.98. The minimum absolute atomic E-state index is 0.635. The van der Waals surface area contributed by atoms with E-state index in [0.717, 1.165) is 43.9 Å². The molecule has 2 atom stereocenters. The van der Waals surface area contributed by atoms with Crippen LogP contribution in [0.15, 0.2) is 0 Å². The molecule has 5 rings (SSSR count). The molecule has 0 spiro atoms. The number of hydrogen-bond donors (Lipinski definition) is 0. The number of benzene rings is 1. The van der Waals surface area contributed by atoms with E-state index in [0.29, 0.717) is 11.8 Å². The van der Waals surface area contributed by atoms with E-state index in [2.05, 4.69) is 80.8 Å². The van der Waals surface area contributed by atoms with Crippen molar-refractivity contribution in [3.63, 3.8) is 0 Å². The SMILES string of the molecule is CCCCCCCCC(C)Cc1sc(-c2nc3c(C)c4sc(-c5sc(CC(C)CCCCCCCC)c(Cl)c5[Si](C)(C)C)nc4c(C)c3s2)c([Si](C)(C)C)c1Cl. The molecule has 0 saturated heterocycles. The van der Waals surface area contributed by atoms with Crippen LogP contribution in [0.1, 0.15) is 138 Å². The highest BCUT2D eigenvalue weighted by molar-refractivity contribution is 7.29. The molecule has 310 valence electrons. The van der Waals surface area contributed by atoms with Gasteiger partial charge < -0.3 is 0 Å². The van der Waals surface area contributed by atoms with Gasteiger partial charge >= 0.3 is 0 Å². The molecule has 2 nitrogen and oxygen atoms in total. The van der Waals surface area contributed by atoms with Gasteiger partial charge in [-0.1, -0.05) is 180 Å². The smallest absolute Gasteiger partial charge is 0.134 e. The molecule has 10 heteroatoms. The third kappa shape index (κ3) is 11.0. The molecule has 0 N–H and O–H groups in total. The third-order valence-electron chi connectivity index (χ3n) is 11.5. The van der Waals surface area contributed by atoms with E-state index in [9.17, 15) is 0 Å². The molecule has 0 fully saturated rings. The maximum atomic E-state index is 7.37. The number of halogens is 2. The first-order valence-electron chi connectivity index (χ1n) is 21.8. The number of aryl methyl sites for hydroxylation is 2. The van der Waals surface area contributed by atoms with Crippen molar-refractivity contribution in [2.75, 3.05) is 0 Å². The van der Waals surface area contributed by atoms with Gasteiger partial charge in [0.15, 0.2) is 0 Å². The lowest BCUT2D eigenvalue weighted by Gasteiger charge is -2.18. The Kier molecular flexibility index (Phi) is 16.9. The Hall–Kier alpha value is -0.586. The van der Waals surface area contributed by atoms with E-state index in [4.69, 9.17) is 33.2 Å². The molecular formula is C46H70Cl2N2S4Si2. The van der Waals surface area contributed by atoms with Crippen LogP contribution < -0.4 is 10.4 Å². The van der Waals surface area contributed by atoms with Gasteiger partial charge in [0.05, 0.1) is 56.4 Å². The Bertz CT molecular complexity index is 1860. The van der Waals surface area contributed by atoms with Crippen molar-refractivity contribution in [2.45, 2.75) is 184 Å². The zero-order valence-electron chi connectivity index (χ0n) is 36.8. The topological polar surface area (TPSA) is 25.8 Å². The van der Waals surface area contributed by atoms with Gasteiger partial charge in [0, 0.05) is 9.75 Å². The highest BCUT2D eigenvalue weighted by atomic mass is 35.5. The van der Waals surface area contributed by atoms with Crippen LogP contribution in [0.4, 0.5) is 0 Å². The van der Waals surface area contributed by atoms with Gasteiger partial charge in [0.2, 0.25) is 0 Å². The molecule has 0 aliphatic carbocycles. The molecule has 1 aromatic carbocycles. The van der Waals surface area contributed by atoms with Crippen molar-refractivity contribution in [1.82, 2.24) is 9.97 Å². The number of fused-ring (bicyclic) bond motifs is 2. The minimum Gasteiger partial charge on any atom is -0.235 e. The first-order chi connectivity index (χ1) is 26.5. The van der Waals surface area contributed by atoms with Crippen molar-refractivity contribution in [3.05, 3.63) is 30.9 Å². The van der Waals surface area contributed by atoms with Crippen molar-refractivity contribution < 1.29 is 0 Å². The zero-order chi connectivity index (χ0) is 40.9. The van der Waals surface area contributed by atoms with E-state index in [1.54, 1.807) is 0 Å². The highest BCUT2D eigenvalue weighted by Gasteiger charge is 2.33. The lowest BCUT2D eigenvalue weighted by molar-refractivity contribution is 0.483. The predicted molar refractivity (Wildman–Crippen MR) is 267 cm³/mol. The average Bonchev–Trinajstić information content (AvgIpc) is 3.90. The fraction of sp³-hybridized carbons (Fsp3) is 0.652. The van der Waals surface area contributed by atoms with Crippen LogP contribution in [0.25, 0.3) is 40.2 Å². The molecule has 0 saturated carbocycles. The maximum absolute atomic E-state index is 7.37. The summed E-state index contributed by atoms with van der Waals surface area (Å²) in [6, 6.07) is 0. The summed E-state index contributed by atoms with van der Waals surface area (Å²) in [6.45, 7) is 28.6. The number of rotatable bonds is 22. The predicted octanol–water partition coefficient (Wildman–Crippen LogP) is 17.2. The van der Waals surface area contributed by atoms with Crippen LogP contribution in [-0.4, -0.2) is 26.1 Å². The van der Waals surface area contributed by atoms with Crippen molar-refractivity contribution in [1.29, 1.82) is 0 Å². The number of nitrogens with zero attached hydrogens (tertiary/aromatic N) is 2. The summed E-state index contributed by atoms with van der Waals surface area (Å²) in [5.41, 5.74) is 4.77. The fourth-order valence-electron chi connectivity index (χ4n) is 8.27. The van der Waals surface area contributed by atoms with Gasteiger partial charge in [-0.3, -0.25) is 0 Å². The van der Waals surface area contributed by atoms with E-state index >= 15 is 0 Å². The molecular weight excluding hydrogens is 836 g/mol. The standard InChI is InChI=1S/C46H70Cl2N2S4Si2/c1-13-15-17-19-21-23-25-29(3)27-33-35(47)43(55(7,8)9)41(51-33)45-49-37-31(5)40-38(32(6)39(37)53-45)50-46(54-40)42-44(56(10,11)12)36(48)34(52-42)28-30(4)26-24-22-20-18-16-14-2/h29-30H,13-28H2,1-12H3. The van der Waals surface area contributed by atoms with E-state index in [1.807, 2.05) is 45.3 Å². The molecule has 0 aliphatic heterocycles. The number of thiophene rings is 2. The largest absolute Gasteiger partial charge is 0.235 e. The van der Waals surface area contributed by atoms with Gasteiger partial charge in [-0.15, -0.1) is 45.3 Å². The summed E-state index contributed by atoms with van der Waals surface area (Å²) in [5.74, 6) is 1.27. The van der Waals surface area contributed by atoms with Crippen LogP contribution in [0.3, 0.4) is 0 Å². The van der Waals surface area contributed by atoms with Crippen LogP contribution in [0.2, 0.25) is 49.3 Å². The summed E-state index contributed by atoms with van der Waals surface area (Å²) in [5, 5.41) is 7.12. The van der Waals surface area contributed by atoms with E-state index < -0.39 is 16.1 Å². The molecule has 5 aromatic rings. The second-order valence-electron chi connectivity index (χ2n) is 19.0. The van der Waals surface area contributed by atoms with Crippen LogP contribution >= 0.6 is 68.5 Å². The molecule has 56 heavy (non-hydrogen) atoms. The minimum atomic E-state index is -1.75. The fourth-order valence-corrected chi connectivity index (χ4v) is 21.3. The van der Waals surface area contributed by atoms with Crippen LogP contribution in [0.5, 0.6) is 0 Å². The monoisotopic (exact) mass is 904 g/mol.